The quantitative estimate of drug-likeness (QED) is 0.538. The number of nitrogens with one attached hydrogen (secondary N) is 1. The summed E-state index contributed by atoms with van der Waals surface area (Å²) in [6.07, 6.45) is 3.29. The molecule has 46 valence electrons. The van der Waals surface area contributed by atoms with Crippen LogP contribution in [0.15, 0.2) is 12.7 Å². The predicted octanol–water partition coefficient (Wildman–Crippen LogP) is 0.508. The Hall–Kier alpha value is -0.340. The second-order valence-electron chi connectivity index (χ2n) is 1.85. The highest BCUT2D eigenvalue weighted by Crippen LogP contribution is 2.05. The van der Waals surface area contributed by atoms with Gasteiger partial charge in [0.25, 0.3) is 0 Å². The van der Waals surface area contributed by atoms with E-state index in [1.54, 1.807) is 0 Å². The van der Waals surface area contributed by atoms with Crippen molar-refractivity contribution >= 4 is 0 Å². The first-order valence-electron chi connectivity index (χ1n) is 2.89. The molecule has 1 N–H and O–H groups in total. The maximum absolute atomic E-state index is 5.07. The van der Waals surface area contributed by atoms with E-state index in [4.69, 9.17) is 4.74 Å². The molecule has 0 saturated carbocycles. The smallest absolute Gasteiger partial charge is 0.110 e. The highest BCUT2D eigenvalue weighted by atomic mass is 16.5. The van der Waals surface area contributed by atoms with Crippen molar-refractivity contribution in [3.8, 4) is 0 Å². The van der Waals surface area contributed by atoms with E-state index in [2.05, 4.69) is 11.9 Å². The molecule has 2 nitrogen and oxygen atoms in total. The van der Waals surface area contributed by atoms with E-state index in [0.717, 1.165) is 19.6 Å². The summed E-state index contributed by atoms with van der Waals surface area (Å²) in [5.74, 6) is 0. The third-order valence-corrected chi connectivity index (χ3v) is 1.19. The van der Waals surface area contributed by atoms with Crippen molar-refractivity contribution in [1.82, 2.24) is 5.32 Å². The van der Waals surface area contributed by atoms with Crippen molar-refractivity contribution < 1.29 is 4.74 Å². The summed E-state index contributed by atoms with van der Waals surface area (Å²) in [5.41, 5.74) is 0. The van der Waals surface area contributed by atoms with Gasteiger partial charge in [0.1, 0.15) is 6.23 Å². The predicted molar refractivity (Wildman–Crippen MR) is 32.6 cm³/mol. The van der Waals surface area contributed by atoms with Crippen LogP contribution in [0.3, 0.4) is 0 Å². The molecule has 0 aromatic heterocycles. The molecule has 1 fully saturated rings. The largest absolute Gasteiger partial charge is 0.363 e. The first-order valence-corrected chi connectivity index (χ1v) is 2.89. The topological polar surface area (TPSA) is 21.3 Å². The molecule has 1 aliphatic rings. The van der Waals surface area contributed by atoms with Gasteiger partial charge >= 0.3 is 0 Å². The Bertz CT molecular complexity index is 78.6. The van der Waals surface area contributed by atoms with Crippen LogP contribution in [0.2, 0.25) is 0 Å². The summed E-state index contributed by atoms with van der Waals surface area (Å²) in [5, 5.41) is 3.13. The fraction of sp³-hybridized carbons (Fsp3) is 0.667. The Morgan fingerprint density at radius 3 is 3.00 bits per heavy atom. The SMILES string of the molecule is C=CCNC1CCO1. The van der Waals surface area contributed by atoms with Gasteiger partial charge in [0.05, 0.1) is 6.61 Å². The molecule has 0 bridgehead atoms. The summed E-state index contributed by atoms with van der Waals surface area (Å²) in [7, 11) is 0. The van der Waals surface area contributed by atoms with Gasteiger partial charge in [0.15, 0.2) is 0 Å². The van der Waals surface area contributed by atoms with Gasteiger partial charge < -0.3 is 4.74 Å². The van der Waals surface area contributed by atoms with Crippen LogP contribution in [0.5, 0.6) is 0 Å². The Morgan fingerprint density at radius 1 is 1.88 bits per heavy atom. The molecule has 2 heteroatoms. The minimum absolute atomic E-state index is 0.313. The van der Waals surface area contributed by atoms with Gasteiger partial charge in [-0.2, -0.15) is 0 Å². The van der Waals surface area contributed by atoms with Crippen LogP contribution in [-0.2, 0) is 4.74 Å². The molecule has 1 rings (SSSR count). The molecule has 1 heterocycles. The molecular weight excluding hydrogens is 102 g/mol. The van der Waals surface area contributed by atoms with E-state index in [0.29, 0.717) is 6.23 Å². The van der Waals surface area contributed by atoms with Crippen molar-refractivity contribution in [2.75, 3.05) is 13.2 Å². The van der Waals surface area contributed by atoms with Gasteiger partial charge in [-0.05, 0) is 0 Å². The van der Waals surface area contributed by atoms with E-state index in [1.807, 2.05) is 6.08 Å². The van der Waals surface area contributed by atoms with Crippen LogP contribution < -0.4 is 5.32 Å². The standard InChI is InChI=1S/C6H11NO/c1-2-4-7-6-3-5-8-6/h2,6-7H,1,3-5H2. The molecule has 1 saturated heterocycles. The third-order valence-electron chi connectivity index (χ3n) is 1.19. The van der Waals surface area contributed by atoms with E-state index in [1.165, 1.54) is 0 Å². The van der Waals surface area contributed by atoms with Crippen molar-refractivity contribution in [2.24, 2.45) is 0 Å². The molecule has 8 heavy (non-hydrogen) atoms. The summed E-state index contributed by atoms with van der Waals surface area (Å²) in [6, 6.07) is 0. The number of rotatable bonds is 3. The first kappa shape index (κ1) is 5.79. The van der Waals surface area contributed by atoms with Gasteiger partial charge in [-0.3, -0.25) is 5.32 Å². The minimum Gasteiger partial charge on any atom is -0.363 e. The van der Waals surface area contributed by atoms with E-state index < -0.39 is 0 Å². The van der Waals surface area contributed by atoms with Crippen molar-refractivity contribution in [3.05, 3.63) is 12.7 Å². The molecule has 1 atom stereocenters. The second kappa shape index (κ2) is 2.84. The van der Waals surface area contributed by atoms with Crippen molar-refractivity contribution in [3.63, 3.8) is 0 Å². The van der Waals surface area contributed by atoms with Gasteiger partial charge in [0.2, 0.25) is 0 Å². The number of hydrogen-bond acceptors (Lipinski definition) is 2. The van der Waals surface area contributed by atoms with Gasteiger partial charge in [-0.25, -0.2) is 0 Å². The van der Waals surface area contributed by atoms with E-state index in [9.17, 15) is 0 Å². The Labute approximate surface area is 49.5 Å². The molecule has 0 spiro atoms. The highest BCUT2D eigenvalue weighted by Gasteiger charge is 2.15. The second-order valence-corrected chi connectivity index (χ2v) is 1.85. The van der Waals surface area contributed by atoms with Crippen LogP contribution in [0, 0.1) is 0 Å². The summed E-state index contributed by atoms with van der Waals surface area (Å²) in [6.45, 7) is 5.34. The summed E-state index contributed by atoms with van der Waals surface area (Å²) < 4.78 is 5.07. The molecule has 1 unspecified atom stereocenters. The fourth-order valence-electron chi connectivity index (χ4n) is 0.611. The monoisotopic (exact) mass is 113 g/mol. The fourth-order valence-corrected chi connectivity index (χ4v) is 0.611. The zero-order valence-electron chi connectivity index (χ0n) is 4.89. The minimum atomic E-state index is 0.313. The average Bonchev–Trinajstić information content (AvgIpc) is 1.63. The van der Waals surface area contributed by atoms with Crippen LogP contribution in [-0.4, -0.2) is 19.4 Å². The molecule has 0 aromatic carbocycles. The van der Waals surface area contributed by atoms with Gasteiger partial charge in [-0.15, -0.1) is 6.58 Å². The van der Waals surface area contributed by atoms with Crippen LogP contribution in [0.4, 0.5) is 0 Å². The summed E-state index contributed by atoms with van der Waals surface area (Å²) in [4.78, 5) is 0. The summed E-state index contributed by atoms with van der Waals surface area (Å²) >= 11 is 0. The highest BCUT2D eigenvalue weighted by molar-refractivity contribution is 4.73. The zero-order chi connectivity index (χ0) is 5.82. The van der Waals surface area contributed by atoms with E-state index in [-0.39, 0.29) is 0 Å². The lowest BCUT2D eigenvalue weighted by Gasteiger charge is -2.26. The van der Waals surface area contributed by atoms with Crippen molar-refractivity contribution in [2.45, 2.75) is 12.6 Å². The normalized spacial score (nSPS) is 26.8. The maximum Gasteiger partial charge on any atom is 0.110 e. The Morgan fingerprint density at radius 2 is 2.62 bits per heavy atom. The lowest BCUT2D eigenvalue weighted by molar-refractivity contribution is -0.0685. The van der Waals surface area contributed by atoms with Crippen molar-refractivity contribution in [1.29, 1.82) is 0 Å². The Balaban J connectivity index is 1.93. The molecule has 1 aliphatic heterocycles. The van der Waals surface area contributed by atoms with E-state index >= 15 is 0 Å². The first-order chi connectivity index (χ1) is 3.93. The van der Waals surface area contributed by atoms with Gasteiger partial charge in [0, 0.05) is 13.0 Å². The lowest BCUT2D eigenvalue weighted by Crippen LogP contribution is -2.40. The Kier molecular flexibility index (Phi) is 2.06. The third kappa shape index (κ3) is 1.32. The van der Waals surface area contributed by atoms with Crippen LogP contribution >= 0.6 is 0 Å². The molecule has 0 aliphatic carbocycles. The van der Waals surface area contributed by atoms with Crippen LogP contribution in [0.25, 0.3) is 0 Å². The molecular formula is C6H11NO. The number of ether oxygens (including phenoxy) is 1. The molecule has 0 radical (unpaired) electrons. The zero-order valence-corrected chi connectivity index (χ0v) is 4.89. The molecule has 0 amide bonds. The maximum atomic E-state index is 5.07. The van der Waals surface area contributed by atoms with Gasteiger partial charge in [-0.1, -0.05) is 6.08 Å². The molecule has 0 aromatic rings. The number of hydrogen-bond donors (Lipinski definition) is 1. The van der Waals surface area contributed by atoms with Crippen LogP contribution in [0.1, 0.15) is 6.42 Å². The average molecular weight is 113 g/mol. The lowest BCUT2D eigenvalue weighted by atomic mass is 10.3.